The first-order valence-electron chi connectivity index (χ1n) is 7.39. The summed E-state index contributed by atoms with van der Waals surface area (Å²) in [5.41, 5.74) is 1.12. The third-order valence-corrected chi connectivity index (χ3v) is 3.56. The zero-order valence-electron chi connectivity index (χ0n) is 13.0. The Morgan fingerprint density at radius 3 is 2.28 bits per heavy atom. The van der Waals surface area contributed by atoms with Gasteiger partial charge in [-0.2, -0.15) is 0 Å². The summed E-state index contributed by atoms with van der Waals surface area (Å²) in [5.74, 6) is -0.480. The van der Waals surface area contributed by atoms with E-state index in [2.05, 4.69) is 0 Å². The van der Waals surface area contributed by atoms with E-state index < -0.39 is 11.9 Å². The third kappa shape index (κ3) is 4.49. The van der Waals surface area contributed by atoms with Gasteiger partial charge >= 0.3 is 11.9 Å². The summed E-state index contributed by atoms with van der Waals surface area (Å²) >= 11 is 5.78. The Bertz CT molecular complexity index is 852. The highest BCUT2D eigenvalue weighted by Crippen LogP contribution is 2.17. The van der Waals surface area contributed by atoms with E-state index in [0.29, 0.717) is 16.3 Å². The van der Waals surface area contributed by atoms with E-state index >= 15 is 0 Å². The Kier molecular flexibility index (Phi) is 5.16. The van der Waals surface area contributed by atoms with Gasteiger partial charge < -0.3 is 13.9 Å². The number of halogens is 1. The van der Waals surface area contributed by atoms with Crippen LogP contribution < -0.4 is 4.74 Å². The molecule has 0 unspecified atom stereocenters. The van der Waals surface area contributed by atoms with E-state index in [1.54, 1.807) is 54.6 Å². The van der Waals surface area contributed by atoms with Gasteiger partial charge in [-0.1, -0.05) is 23.7 Å². The molecule has 6 heteroatoms. The number of carbonyl (C=O) groups is 2. The standard InChI is InChI=1S/C19H13ClO5/c20-15-7-9-16(10-8-15)25-18(21)14-5-3-13(4-6-14)12-24-19(22)17-2-1-11-23-17/h1-11H,12H2. The second-order valence-corrected chi connectivity index (χ2v) is 5.53. The van der Waals surface area contributed by atoms with Gasteiger partial charge in [0.05, 0.1) is 11.8 Å². The van der Waals surface area contributed by atoms with Crippen molar-refractivity contribution in [2.45, 2.75) is 6.61 Å². The maximum absolute atomic E-state index is 12.1. The molecule has 0 fully saturated rings. The van der Waals surface area contributed by atoms with Crippen molar-refractivity contribution < 1.29 is 23.5 Å². The van der Waals surface area contributed by atoms with Gasteiger partial charge in [0, 0.05) is 5.02 Å². The van der Waals surface area contributed by atoms with Crippen LogP contribution in [0.5, 0.6) is 5.75 Å². The van der Waals surface area contributed by atoms with Crippen LogP contribution in [0.4, 0.5) is 0 Å². The first kappa shape index (κ1) is 16.8. The van der Waals surface area contributed by atoms with Gasteiger partial charge in [0.15, 0.2) is 0 Å². The molecule has 0 bridgehead atoms. The number of benzene rings is 2. The molecule has 0 amide bonds. The molecule has 0 atom stereocenters. The number of rotatable bonds is 5. The maximum atomic E-state index is 12.1. The van der Waals surface area contributed by atoms with Crippen molar-refractivity contribution >= 4 is 23.5 Å². The molecule has 0 radical (unpaired) electrons. The summed E-state index contributed by atoms with van der Waals surface area (Å²) in [6.07, 6.45) is 1.40. The normalized spacial score (nSPS) is 10.3. The minimum absolute atomic E-state index is 0.0754. The molecule has 25 heavy (non-hydrogen) atoms. The van der Waals surface area contributed by atoms with Gasteiger partial charge in [0.2, 0.25) is 5.76 Å². The largest absolute Gasteiger partial charge is 0.457 e. The van der Waals surface area contributed by atoms with Gasteiger partial charge in [0.25, 0.3) is 0 Å². The molecule has 0 saturated carbocycles. The highest BCUT2D eigenvalue weighted by Gasteiger charge is 2.11. The van der Waals surface area contributed by atoms with Crippen molar-refractivity contribution in [1.82, 2.24) is 0 Å². The Hall–Kier alpha value is -3.05. The van der Waals surface area contributed by atoms with Crippen molar-refractivity contribution in [3.05, 3.63) is 88.8 Å². The molecule has 0 aliphatic carbocycles. The SMILES string of the molecule is O=C(Oc1ccc(Cl)cc1)c1ccc(COC(=O)c2ccco2)cc1. The van der Waals surface area contributed by atoms with Crippen LogP contribution in [0.2, 0.25) is 5.02 Å². The fraction of sp³-hybridized carbons (Fsp3) is 0.0526. The lowest BCUT2D eigenvalue weighted by molar-refractivity contribution is 0.0435. The molecule has 0 spiro atoms. The van der Waals surface area contributed by atoms with Crippen LogP contribution in [0.1, 0.15) is 26.5 Å². The monoisotopic (exact) mass is 356 g/mol. The van der Waals surface area contributed by atoms with Gasteiger partial charge in [-0.05, 0) is 54.1 Å². The minimum atomic E-state index is -0.545. The average Bonchev–Trinajstić information content (AvgIpc) is 3.17. The molecule has 2 aromatic carbocycles. The number of hydrogen-bond donors (Lipinski definition) is 0. The van der Waals surface area contributed by atoms with Gasteiger partial charge in [0.1, 0.15) is 12.4 Å². The quantitative estimate of drug-likeness (QED) is 0.497. The smallest absolute Gasteiger partial charge is 0.374 e. The fourth-order valence-electron chi connectivity index (χ4n) is 2.02. The van der Waals surface area contributed by atoms with E-state index in [1.807, 2.05) is 0 Å². The molecule has 126 valence electrons. The second-order valence-electron chi connectivity index (χ2n) is 5.09. The topological polar surface area (TPSA) is 65.7 Å². The number of hydrogen-bond acceptors (Lipinski definition) is 5. The molecule has 1 aromatic heterocycles. The molecule has 0 aliphatic heterocycles. The van der Waals surface area contributed by atoms with E-state index in [4.69, 9.17) is 25.5 Å². The van der Waals surface area contributed by atoms with Crippen LogP contribution in [0, 0.1) is 0 Å². The lowest BCUT2D eigenvalue weighted by atomic mass is 10.1. The van der Waals surface area contributed by atoms with Crippen LogP contribution in [0.25, 0.3) is 0 Å². The summed E-state index contributed by atoms with van der Waals surface area (Å²) in [5, 5.41) is 0.563. The summed E-state index contributed by atoms with van der Waals surface area (Å²) in [6, 6.07) is 16.2. The zero-order valence-corrected chi connectivity index (χ0v) is 13.7. The Morgan fingerprint density at radius 1 is 0.920 bits per heavy atom. The van der Waals surface area contributed by atoms with Crippen LogP contribution in [0.3, 0.4) is 0 Å². The molecule has 0 aliphatic rings. The van der Waals surface area contributed by atoms with E-state index in [9.17, 15) is 9.59 Å². The lowest BCUT2D eigenvalue weighted by Gasteiger charge is -2.06. The predicted octanol–water partition coefficient (Wildman–Crippen LogP) is 4.51. The summed E-state index contributed by atoms with van der Waals surface area (Å²) in [4.78, 5) is 23.8. The molecule has 0 saturated heterocycles. The van der Waals surface area contributed by atoms with Crippen LogP contribution in [-0.4, -0.2) is 11.9 Å². The third-order valence-electron chi connectivity index (χ3n) is 3.31. The number of esters is 2. The molecule has 1 heterocycles. The summed E-state index contributed by atoms with van der Waals surface area (Å²) in [7, 11) is 0. The first-order valence-corrected chi connectivity index (χ1v) is 7.77. The van der Waals surface area contributed by atoms with Gasteiger partial charge in [-0.3, -0.25) is 0 Å². The molecule has 0 N–H and O–H groups in total. The van der Waals surface area contributed by atoms with E-state index in [-0.39, 0.29) is 12.4 Å². The fourth-order valence-corrected chi connectivity index (χ4v) is 2.15. The zero-order chi connectivity index (χ0) is 17.6. The Balaban J connectivity index is 1.57. The highest BCUT2D eigenvalue weighted by atomic mass is 35.5. The van der Waals surface area contributed by atoms with Crippen LogP contribution in [0.15, 0.2) is 71.3 Å². The molecular weight excluding hydrogens is 344 g/mol. The molecule has 3 aromatic rings. The summed E-state index contributed by atoms with van der Waals surface area (Å²) in [6.45, 7) is 0.0754. The minimum Gasteiger partial charge on any atom is -0.457 e. The van der Waals surface area contributed by atoms with Crippen molar-refractivity contribution in [3.63, 3.8) is 0 Å². The first-order chi connectivity index (χ1) is 12.1. The lowest BCUT2D eigenvalue weighted by Crippen LogP contribution is -2.09. The molecule has 5 nitrogen and oxygen atoms in total. The van der Waals surface area contributed by atoms with E-state index in [1.165, 1.54) is 12.3 Å². The Labute approximate surface area is 148 Å². The van der Waals surface area contributed by atoms with Gasteiger partial charge in [-0.15, -0.1) is 0 Å². The van der Waals surface area contributed by atoms with Crippen molar-refractivity contribution in [2.24, 2.45) is 0 Å². The number of carbonyl (C=O) groups excluding carboxylic acids is 2. The van der Waals surface area contributed by atoms with Crippen molar-refractivity contribution in [2.75, 3.05) is 0 Å². The van der Waals surface area contributed by atoms with Gasteiger partial charge in [-0.25, -0.2) is 9.59 Å². The Morgan fingerprint density at radius 2 is 1.64 bits per heavy atom. The number of ether oxygens (including phenoxy) is 2. The highest BCUT2D eigenvalue weighted by molar-refractivity contribution is 6.30. The average molecular weight is 357 g/mol. The summed E-state index contributed by atoms with van der Waals surface area (Å²) < 4.78 is 15.3. The molecule has 3 rings (SSSR count). The number of furan rings is 1. The predicted molar refractivity (Wildman–Crippen MR) is 90.7 cm³/mol. The van der Waals surface area contributed by atoms with Crippen molar-refractivity contribution in [3.8, 4) is 5.75 Å². The molecular formula is C19H13ClO5. The van der Waals surface area contributed by atoms with Crippen molar-refractivity contribution in [1.29, 1.82) is 0 Å². The van der Waals surface area contributed by atoms with E-state index in [0.717, 1.165) is 5.56 Å². The maximum Gasteiger partial charge on any atom is 0.374 e. The second kappa shape index (κ2) is 7.68. The van der Waals surface area contributed by atoms with Crippen LogP contribution in [-0.2, 0) is 11.3 Å². The van der Waals surface area contributed by atoms with Crippen LogP contribution >= 0.6 is 11.6 Å².